The zero-order chi connectivity index (χ0) is 13.2. The fourth-order valence-electron chi connectivity index (χ4n) is 1.76. The number of nitrogens with zero attached hydrogens (tertiary/aromatic N) is 3. The van der Waals surface area contributed by atoms with E-state index in [4.69, 9.17) is 0 Å². The monoisotopic (exact) mass is 260 g/mol. The van der Waals surface area contributed by atoms with Crippen molar-refractivity contribution in [2.24, 2.45) is 0 Å². The molecule has 1 fully saturated rings. The minimum absolute atomic E-state index is 0.0393. The van der Waals surface area contributed by atoms with Crippen LogP contribution in [0.15, 0.2) is 12.4 Å². The van der Waals surface area contributed by atoms with Gasteiger partial charge in [0.25, 0.3) is 0 Å². The van der Waals surface area contributed by atoms with E-state index >= 15 is 0 Å². The molecule has 1 aromatic heterocycles. The number of alkyl halides is 3. The van der Waals surface area contributed by atoms with Gasteiger partial charge in [-0.25, -0.2) is 4.98 Å². The molecule has 7 heteroatoms. The van der Waals surface area contributed by atoms with Gasteiger partial charge in [0, 0.05) is 19.6 Å². The summed E-state index contributed by atoms with van der Waals surface area (Å²) in [5.41, 5.74) is 0.560. The molecule has 18 heavy (non-hydrogen) atoms. The van der Waals surface area contributed by atoms with Gasteiger partial charge >= 0.3 is 6.18 Å². The summed E-state index contributed by atoms with van der Waals surface area (Å²) in [5, 5.41) is 2.81. The number of nitrogens with one attached hydrogen (secondary N) is 1. The summed E-state index contributed by atoms with van der Waals surface area (Å²) >= 11 is 0. The topological polar surface area (TPSA) is 41.1 Å². The standard InChI is InChI=1S/C11H15F3N4/c1-15-10-5-16-8(4-17-10)6-18(9-2-3-9)7-11(12,13)14/h4-5,9H,2-3,6-7H2,1H3,(H,15,17). The van der Waals surface area contributed by atoms with Gasteiger partial charge in [-0.3, -0.25) is 9.88 Å². The van der Waals surface area contributed by atoms with Crippen molar-refractivity contribution < 1.29 is 13.2 Å². The van der Waals surface area contributed by atoms with Gasteiger partial charge < -0.3 is 5.32 Å². The van der Waals surface area contributed by atoms with Gasteiger partial charge in [-0.05, 0) is 12.8 Å². The van der Waals surface area contributed by atoms with Gasteiger partial charge in [-0.2, -0.15) is 13.2 Å². The predicted octanol–water partition coefficient (Wildman–Crippen LogP) is 2.04. The third-order valence-electron chi connectivity index (χ3n) is 2.77. The lowest BCUT2D eigenvalue weighted by molar-refractivity contribution is -0.148. The number of halogens is 3. The van der Waals surface area contributed by atoms with Crippen molar-refractivity contribution in [3.63, 3.8) is 0 Å². The summed E-state index contributed by atoms with van der Waals surface area (Å²) in [7, 11) is 1.71. The third kappa shape index (κ3) is 3.83. The molecule has 100 valence electrons. The molecule has 1 aliphatic carbocycles. The Balaban J connectivity index is 1.99. The molecule has 0 amide bonds. The maximum absolute atomic E-state index is 12.4. The lowest BCUT2D eigenvalue weighted by Gasteiger charge is -2.22. The Hall–Kier alpha value is -1.37. The summed E-state index contributed by atoms with van der Waals surface area (Å²) in [6.45, 7) is -0.686. The molecule has 0 atom stereocenters. The van der Waals surface area contributed by atoms with Crippen LogP contribution in [0.5, 0.6) is 0 Å². The molecule has 4 nitrogen and oxygen atoms in total. The molecule has 1 heterocycles. The second-order valence-corrected chi connectivity index (χ2v) is 4.39. The SMILES string of the molecule is CNc1cnc(CN(CC(F)(F)F)C2CC2)cn1. The molecule has 0 aromatic carbocycles. The Kier molecular flexibility index (Phi) is 3.70. The first-order valence-corrected chi connectivity index (χ1v) is 5.77. The Morgan fingerprint density at radius 3 is 2.50 bits per heavy atom. The van der Waals surface area contributed by atoms with E-state index in [1.807, 2.05) is 0 Å². The normalized spacial score (nSPS) is 16.1. The van der Waals surface area contributed by atoms with Gasteiger partial charge in [0.05, 0.1) is 24.6 Å². The Morgan fingerprint density at radius 2 is 2.06 bits per heavy atom. The average molecular weight is 260 g/mol. The lowest BCUT2D eigenvalue weighted by atomic mass is 10.3. The van der Waals surface area contributed by atoms with Gasteiger partial charge in [0.15, 0.2) is 0 Å². The largest absolute Gasteiger partial charge is 0.401 e. The molecule has 0 radical (unpaired) electrons. The van der Waals surface area contributed by atoms with Gasteiger partial charge in [0.1, 0.15) is 5.82 Å². The molecule has 0 bridgehead atoms. The quantitative estimate of drug-likeness (QED) is 0.879. The number of anilines is 1. The molecule has 1 saturated carbocycles. The van der Waals surface area contributed by atoms with Crippen LogP contribution in [-0.4, -0.2) is 40.7 Å². The van der Waals surface area contributed by atoms with Gasteiger partial charge in [-0.15, -0.1) is 0 Å². The van der Waals surface area contributed by atoms with Crippen molar-refractivity contribution in [2.75, 3.05) is 18.9 Å². The summed E-state index contributed by atoms with van der Waals surface area (Å²) in [6, 6.07) is 0.0393. The van der Waals surface area contributed by atoms with E-state index in [1.165, 1.54) is 17.3 Å². The van der Waals surface area contributed by atoms with E-state index in [1.54, 1.807) is 7.05 Å². The molecule has 1 aromatic rings. The highest BCUT2D eigenvalue weighted by Crippen LogP contribution is 2.31. The minimum atomic E-state index is -4.17. The van der Waals surface area contributed by atoms with E-state index in [0.717, 1.165) is 12.8 Å². The number of hydrogen-bond acceptors (Lipinski definition) is 4. The average Bonchev–Trinajstić information content (AvgIpc) is 3.11. The van der Waals surface area contributed by atoms with Crippen LogP contribution in [0, 0.1) is 0 Å². The first-order valence-electron chi connectivity index (χ1n) is 5.77. The fraction of sp³-hybridized carbons (Fsp3) is 0.636. The van der Waals surface area contributed by atoms with Crippen molar-refractivity contribution in [3.8, 4) is 0 Å². The van der Waals surface area contributed by atoms with Crippen molar-refractivity contribution in [1.82, 2.24) is 14.9 Å². The van der Waals surface area contributed by atoms with E-state index < -0.39 is 12.7 Å². The Morgan fingerprint density at radius 1 is 1.33 bits per heavy atom. The summed E-state index contributed by atoms with van der Waals surface area (Å²) in [6.07, 6.45) is 0.530. The molecule has 0 unspecified atom stereocenters. The zero-order valence-electron chi connectivity index (χ0n) is 10.0. The van der Waals surface area contributed by atoms with Crippen molar-refractivity contribution in [3.05, 3.63) is 18.1 Å². The molecular weight excluding hydrogens is 245 g/mol. The molecular formula is C11H15F3N4. The zero-order valence-corrected chi connectivity index (χ0v) is 10.0. The Labute approximate surface area is 103 Å². The van der Waals surface area contributed by atoms with E-state index in [2.05, 4.69) is 15.3 Å². The van der Waals surface area contributed by atoms with Crippen LogP contribution in [0.1, 0.15) is 18.5 Å². The van der Waals surface area contributed by atoms with E-state index in [-0.39, 0.29) is 12.6 Å². The van der Waals surface area contributed by atoms with Crippen LogP contribution in [0.3, 0.4) is 0 Å². The fourth-order valence-corrected chi connectivity index (χ4v) is 1.76. The molecule has 0 saturated heterocycles. The van der Waals surface area contributed by atoms with Crippen LogP contribution in [-0.2, 0) is 6.54 Å². The Bertz CT molecular complexity index is 386. The maximum Gasteiger partial charge on any atom is 0.401 e. The van der Waals surface area contributed by atoms with Crippen LogP contribution in [0.25, 0.3) is 0 Å². The summed E-state index contributed by atoms with van der Waals surface area (Å²) in [5.74, 6) is 0.604. The van der Waals surface area contributed by atoms with E-state index in [9.17, 15) is 13.2 Å². The first kappa shape index (κ1) is 13.1. The number of aromatic nitrogens is 2. The second kappa shape index (κ2) is 5.09. The number of rotatable bonds is 5. The first-order chi connectivity index (χ1) is 8.48. The highest BCUT2D eigenvalue weighted by molar-refractivity contribution is 5.29. The molecule has 0 spiro atoms. The lowest BCUT2D eigenvalue weighted by Crippen LogP contribution is -2.35. The maximum atomic E-state index is 12.4. The summed E-state index contributed by atoms with van der Waals surface area (Å²) < 4.78 is 37.3. The minimum Gasteiger partial charge on any atom is -0.372 e. The van der Waals surface area contributed by atoms with Crippen molar-refractivity contribution in [1.29, 1.82) is 0 Å². The van der Waals surface area contributed by atoms with Crippen molar-refractivity contribution >= 4 is 5.82 Å². The van der Waals surface area contributed by atoms with Crippen LogP contribution < -0.4 is 5.32 Å². The molecule has 2 rings (SSSR count). The molecule has 0 aliphatic heterocycles. The third-order valence-corrected chi connectivity index (χ3v) is 2.77. The highest BCUT2D eigenvalue weighted by Gasteiger charge is 2.38. The van der Waals surface area contributed by atoms with Crippen molar-refractivity contribution in [2.45, 2.75) is 31.6 Å². The smallest absolute Gasteiger partial charge is 0.372 e. The van der Waals surface area contributed by atoms with Gasteiger partial charge in [0.2, 0.25) is 0 Å². The molecule has 1 aliphatic rings. The van der Waals surface area contributed by atoms with E-state index in [0.29, 0.717) is 11.5 Å². The van der Waals surface area contributed by atoms with Crippen LogP contribution in [0.4, 0.5) is 19.0 Å². The predicted molar refractivity (Wildman–Crippen MR) is 61.1 cm³/mol. The summed E-state index contributed by atoms with van der Waals surface area (Å²) in [4.78, 5) is 9.56. The van der Waals surface area contributed by atoms with Crippen LogP contribution >= 0.6 is 0 Å². The number of hydrogen-bond donors (Lipinski definition) is 1. The van der Waals surface area contributed by atoms with Gasteiger partial charge in [-0.1, -0.05) is 0 Å². The second-order valence-electron chi connectivity index (χ2n) is 4.39. The highest BCUT2D eigenvalue weighted by atomic mass is 19.4. The molecule has 1 N–H and O–H groups in total. The van der Waals surface area contributed by atoms with Crippen LogP contribution in [0.2, 0.25) is 0 Å².